The van der Waals surface area contributed by atoms with Crippen molar-refractivity contribution < 1.29 is 18.7 Å². The number of nitrogens with zero attached hydrogens (tertiary/aromatic N) is 2. The molecule has 0 bridgehead atoms. The van der Waals surface area contributed by atoms with Crippen LogP contribution in [0, 0.1) is 0 Å². The molecule has 1 aliphatic heterocycles. The van der Waals surface area contributed by atoms with Gasteiger partial charge >= 0.3 is 0 Å². The summed E-state index contributed by atoms with van der Waals surface area (Å²) in [6.07, 6.45) is 2.83. The zero-order valence-corrected chi connectivity index (χ0v) is 11.0. The van der Waals surface area contributed by atoms with Gasteiger partial charge in [0.25, 0.3) is 11.8 Å². The molecule has 0 radical (unpaired) electrons. The average molecular weight is 275 g/mol. The molecular formula is C13H13N3O4. The number of oxazole rings is 1. The highest BCUT2D eigenvalue weighted by atomic mass is 16.7. The van der Waals surface area contributed by atoms with Crippen molar-refractivity contribution in [1.82, 2.24) is 9.97 Å². The first-order chi connectivity index (χ1) is 9.63. The number of pyridine rings is 1. The number of rotatable bonds is 3. The van der Waals surface area contributed by atoms with Crippen LogP contribution in [0.2, 0.25) is 0 Å². The lowest BCUT2D eigenvalue weighted by Gasteiger charge is -2.03. The fourth-order valence-electron chi connectivity index (χ4n) is 1.71. The van der Waals surface area contributed by atoms with Crippen molar-refractivity contribution in [3.8, 4) is 11.6 Å². The van der Waals surface area contributed by atoms with Gasteiger partial charge in [-0.3, -0.25) is 4.79 Å². The molecule has 0 saturated carbocycles. The van der Waals surface area contributed by atoms with E-state index in [0.717, 1.165) is 0 Å². The maximum Gasteiger partial charge on any atom is 0.277 e. The van der Waals surface area contributed by atoms with Crippen molar-refractivity contribution in [2.24, 2.45) is 0 Å². The minimum absolute atomic E-state index is 0.128. The number of anilines is 1. The number of hydrogen-bond acceptors (Lipinski definition) is 6. The molecule has 0 unspecified atom stereocenters. The maximum absolute atomic E-state index is 12.0. The van der Waals surface area contributed by atoms with Gasteiger partial charge in [-0.15, -0.1) is 0 Å². The van der Waals surface area contributed by atoms with Gasteiger partial charge in [0.2, 0.25) is 6.79 Å². The van der Waals surface area contributed by atoms with Gasteiger partial charge in [-0.05, 0) is 0 Å². The highest BCUT2D eigenvalue weighted by molar-refractivity contribution is 6.02. The summed E-state index contributed by atoms with van der Waals surface area (Å²) in [6.45, 7) is 4.02. The van der Waals surface area contributed by atoms with Gasteiger partial charge in [0.1, 0.15) is 6.26 Å². The molecule has 1 amide bonds. The Hall–Kier alpha value is -2.57. The number of fused-ring (bicyclic) bond motifs is 1. The molecule has 3 heterocycles. The molecule has 0 aliphatic carbocycles. The number of hydrogen-bond donors (Lipinski definition) is 1. The Morgan fingerprint density at radius 3 is 3.00 bits per heavy atom. The molecule has 2 aromatic heterocycles. The van der Waals surface area contributed by atoms with Crippen LogP contribution in [0.3, 0.4) is 0 Å². The summed E-state index contributed by atoms with van der Waals surface area (Å²) in [7, 11) is 0. The molecule has 3 rings (SSSR count). The Morgan fingerprint density at radius 1 is 1.40 bits per heavy atom. The monoisotopic (exact) mass is 275 g/mol. The molecule has 0 aromatic carbocycles. The lowest BCUT2D eigenvalue weighted by molar-refractivity contribution is 0.102. The van der Waals surface area contributed by atoms with Gasteiger partial charge in [-0.1, -0.05) is 13.8 Å². The Morgan fingerprint density at radius 2 is 2.25 bits per heavy atom. The molecular weight excluding hydrogens is 262 g/mol. The van der Waals surface area contributed by atoms with E-state index in [9.17, 15) is 4.79 Å². The molecule has 0 fully saturated rings. The van der Waals surface area contributed by atoms with Gasteiger partial charge in [-0.25, -0.2) is 9.97 Å². The Balaban J connectivity index is 1.75. The van der Waals surface area contributed by atoms with Crippen molar-refractivity contribution in [3.05, 3.63) is 30.1 Å². The quantitative estimate of drug-likeness (QED) is 0.923. The largest absolute Gasteiger partial charge is 0.452 e. The topological polar surface area (TPSA) is 86.5 Å². The molecule has 104 valence electrons. The molecule has 1 aliphatic rings. The number of nitrogens with one attached hydrogen (secondary N) is 1. The third-order valence-corrected chi connectivity index (χ3v) is 2.73. The Labute approximate surface area is 114 Å². The van der Waals surface area contributed by atoms with Gasteiger partial charge in [-0.2, -0.15) is 0 Å². The fourth-order valence-corrected chi connectivity index (χ4v) is 1.71. The van der Waals surface area contributed by atoms with E-state index in [1.54, 1.807) is 6.07 Å². The van der Waals surface area contributed by atoms with E-state index in [4.69, 9.17) is 13.9 Å². The van der Waals surface area contributed by atoms with Crippen LogP contribution in [0.15, 0.2) is 22.9 Å². The minimum atomic E-state index is -0.360. The predicted molar refractivity (Wildman–Crippen MR) is 68.9 cm³/mol. The highest BCUT2D eigenvalue weighted by Gasteiger charge is 2.18. The standard InChI is InChI=1S/C13H13N3O4/c1-7(2)12-16-9(5-18-12)11(17)15-8-3-10-13(14-4-8)20-6-19-10/h3-5,7H,6H2,1-2H3,(H,15,17). The van der Waals surface area contributed by atoms with E-state index in [0.29, 0.717) is 23.2 Å². The molecule has 0 saturated heterocycles. The van der Waals surface area contributed by atoms with Crippen LogP contribution in [0.4, 0.5) is 5.69 Å². The van der Waals surface area contributed by atoms with Crippen molar-refractivity contribution in [2.75, 3.05) is 12.1 Å². The predicted octanol–water partition coefficient (Wildman–Crippen LogP) is 2.17. The summed E-state index contributed by atoms with van der Waals surface area (Å²) in [5, 5.41) is 2.68. The first-order valence-corrected chi connectivity index (χ1v) is 6.16. The summed E-state index contributed by atoms with van der Waals surface area (Å²) >= 11 is 0. The van der Waals surface area contributed by atoms with E-state index in [1.807, 2.05) is 13.8 Å². The van der Waals surface area contributed by atoms with E-state index >= 15 is 0 Å². The van der Waals surface area contributed by atoms with Crippen LogP contribution >= 0.6 is 0 Å². The summed E-state index contributed by atoms with van der Waals surface area (Å²) in [5.74, 6) is 1.22. The van der Waals surface area contributed by atoms with Crippen molar-refractivity contribution >= 4 is 11.6 Å². The molecule has 20 heavy (non-hydrogen) atoms. The lowest BCUT2D eigenvalue weighted by atomic mass is 10.2. The zero-order chi connectivity index (χ0) is 14.1. The van der Waals surface area contributed by atoms with Crippen LogP contribution in [-0.2, 0) is 0 Å². The van der Waals surface area contributed by atoms with Crippen LogP contribution in [0.5, 0.6) is 11.6 Å². The lowest BCUT2D eigenvalue weighted by Crippen LogP contribution is -2.12. The van der Waals surface area contributed by atoms with Gasteiger partial charge < -0.3 is 19.2 Å². The van der Waals surface area contributed by atoms with Gasteiger partial charge in [0, 0.05) is 12.0 Å². The second-order valence-corrected chi connectivity index (χ2v) is 4.61. The number of ether oxygens (including phenoxy) is 2. The van der Waals surface area contributed by atoms with Gasteiger partial charge in [0.15, 0.2) is 17.3 Å². The van der Waals surface area contributed by atoms with Crippen LogP contribution < -0.4 is 14.8 Å². The Bertz CT molecular complexity index is 651. The third kappa shape index (κ3) is 2.29. The zero-order valence-electron chi connectivity index (χ0n) is 11.0. The number of carbonyl (C=O) groups excluding carboxylic acids is 1. The fraction of sp³-hybridized carbons (Fsp3) is 0.308. The highest BCUT2D eigenvalue weighted by Crippen LogP contribution is 2.31. The van der Waals surface area contributed by atoms with E-state index in [-0.39, 0.29) is 24.3 Å². The second kappa shape index (κ2) is 4.84. The van der Waals surface area contributed by atoms with Crippen molar-refractivity contribution in [3.63, 3.8) is 0 Å². The Kier molecular flexibility index (Phi) is 3.02. The van der Waals surface area contributed by atoms with Gasteiger partial charge in [0.05, 0.1) is 11.9 Å². The number of carbonyl (C=O) groups is 1. The van der Waals surface area contributed by atoms with Crippen LogP contribution in [-0.4, -0.2) is 22.7 Å². The normalized spacial score (nSPS) is 12.8. The van der Waals surface area contributed by atoms with Crippen molar-refractivity contribution in [1.29, 1.82) is 0 Å². The van der Waals surface area contributed by atoms with Crippen molar-refractivity contribution in [2.45, 2.75) is 19.8 Å². The summed E-state index contributed by atoms with van der Waals surface area (Å²) in [5.41, 5.74) is 0.736. The maximum atomic E-state index is 12.0. The number of amides is 1. The van der Waals surface area contributed by atoms with Crippen LogP contribution in [0.25, 0.3) is 0 Å². The molecule has 0 atom stereocenters. The molecule has 7 heteroatoms. The summed E-state index contributed by atoms with van der Waals surface area (Å²) in [4.78, 5) is 20.2. The molecule has 7 nitrogen and oxygen atoms in total. The van der Waals surface area contributed by atoms with E-state index < -0.39 is 0 Å². The summed E-state index contributed by atoms with van der Waals surface area (Å²) < 4.78 is 15.5. The van der Waals surface area contributed by atoms with Crippen LogP contribution in [0.1, 0.15) is 36.1 Å². The summed E-state index contributed by atoms with van der Waals surface area (Å²) in [6, 6.07) is 1.65. The molecule has 2 aromatic rings. The first kappa shape index (κ1) is 12.5. The first-order valence-electron chi connectivity index (χ1n) is 6.16. The average Bonchev–Trinajstić information content (AvgIpc) is 3.07. The van der Waals surface area contributed by atoms with E-state index in [1.165, 1.54) is 12.5 Å². The molecule has 0 spiro atoms. The molecule has 1 N–H and O–H groups in total. The second-order valence-electron chi connectivity index (χ2n) is 4.61. The van der Waals surface area contributed by atoms with E-state index in [2.05, 4.69) is 15.3 Å². The third-order valence-electron chi connectivity index (χ3n) is 2.73. The number of aromatic nitrogens is 2. The smallest absolute Gasteiger partial charge is 0.277 e. The minimum Gasteiger partial charge on any atom is -0.452 e. The SMILES string of the molecule is CC(C)c1nc(C(=O)Nc2cnc3c(c2)OCO3)co1.